The molecule has 1 aromatic heterocycles. The average Bonchev–Trinajstić information content (AvgIpc) is 2.41. The van der Waals surface area contributed by atoms with Gasteiger partial charge in [-0.3, -0.25) is 9.59 Å². The second-order valence-electron chi connectivity index (χ2n) is 4.25. The second kappa shape index (κ2) is 5.39. The minimum Gasteiger partial charge on any atom is -0.508 e. The summed E-state index contributed by atoms with van der Waals surface area (Å²) in [7, 11) is 1.63. The zero-order valence-corrected chi connectivity index (χ0v) is 10.5. The molecular weight excluding hydrogens is 244 g/mol. The van der Waals surface area contributed by atoms with Crippen LogP contribution in [0.4, 0.5) is 0 Å². The fraction of sp³-hybridized carbons (Fsp3) is 0.143. The van der Waals surface area contributed by atoms with Crippen molar-refractivity contribution in [2.75, 3.05) is 7.05 Å². The van der Waals surface area contributed by atoms with Crippen LogP contribution in [-0.4, -0.2) is 27.9 Å². The van der Waals surface area contributed by atoms with Gasteiger partial charge in [0.05, 0.1) is 0 Å². The maximum Gasteiger partial charge on any atom is 0.259 e. The van der Waals surface area contributed by atoms with Crippen LogP contribution in [0.2, 0.25) is 0 Å². The number of benzene rings is 1. The van der Waals surface area contributed by atoms with Crippen molar-refractivity contribution in [3.05, 3.63) is 64.1 Å². The summed E-state index contributed by atoms with van der Waals surface area (Å²) in [5.41, 5.74) is 0.686. The standard InChI is InChI=1S/C14H14N2O3/c1-16(9-10-2-4-11(17)5-3-10)14(19)12-8-15-7-6-13(12)18/h2-8,17H,9H2,1H3,(H,15,18). The van der Waals surface area contributed by atoms with Gasteiger partial charge in [0.2, 0.25) is 0 Å². The maximum absolute atomic E-state index is 12.1. The molecule has 0 aliphatic carbocycles. The van der Waals surface area contributed by atoms with Gasteiger partial charge in [-0.2, -0.15) is 0 Å². The van der Waals surface area contributed by atoms with E-state index in [1.165, 1.54) is 23.4 Å². The third kappa shape index (κ3) is 3.01. The highest BCUT2D eigenvalue weighted by molar-refractivity contribution is 5.93. The number of hydrogen-bond acceptors (Lipinski definition) is 3. The van der Waals surface area contributed by atoms with Crippen molar-refractivity contribution in [2.45, 2.75) is 6.54 Å². The first-order chi connectivity index (χ1) is 9.08. The Kier molecular flexibility index (Phi) is 3.66. The Morgan fingerprint density at radius 1 is 1.26 bits per heavy atom. The number of hydrogen-bond donors (Lipinski definition) is 2. The number of amides is 1. The Bertz CT molecular complexity index is 632. The van der Waals surface area contributed by atoms with Crippen LogP contribution in [0.25, 0.3) is 0 Å². The molecule has 0 spiro atoms. The number of rotatable bonds is 3. The number of aromatic nitrogens is 1. The lowest BCUT2D eigenvalue weighted by Gasteiger charge is -2.16. The number of phenolic OH excluding ortho intramolecular Hbond substituents is 1. The molecule has 0 atom stereocenters. The number of pyridine rings is 1. The van der Waals surface area contributed by atoms with Crippen molar-refractivity contribution in [1.29, 1.82) is 0 Å². The Balaban J connectivity index is 2.14. The largest absolute Gasteiger partial charge is 0.508 e. The van der Waals surface area contributed by atoms with E-state index in [4.69, 9.17) is 0 Å². The topological polar surface area (TPSA) is 73.4 Å². The number of phenols is 1. The van der Waals surface area contributed by atoms with Crippen LogP contribution in [0.5, 0.6) is 5.75 Å². The molecule has 5 heteroatoms. The van der Waals surface area contributed by atoms with E-state index in [0.717, 1.165) is 5.56 Å². The van der Waals surface area contributed by atoms with Crippen LogP contribution < -0.4 is 5.43 Å². The summed E-state index contributed by atoms with van der Waals surface area (Å²) in [6.45, 7) is 0.368. The van der Waals surface area contributed by atoms with Crippen LogP contribution in [-0.2, 0) is 6.54 Å². The molecule has 0 radical (unpaired) electrons. The molecule has 0 aliphatic heterocycles. The molecule has 0 saturated heterocycles. The minimum atomic E-state index is -0.338. The highest BCUT2D eigenvalue weighted by atomic mass is 16.3. The molecule has 2 rings (SSSR count). The van der Waals surface area contributed by atoms with E-state index in [0.29, 0.717) is 6.54 Å². The van der Waals surface area contributed by atoms with Gasteiger partial charge in [-0.25, -0.2) is 0 Å². The van der Waals surface area contributed by atoms with Crippen LogP contribution >= 0.6 is 0 Å². The second-order valence-corrected chi connectivity index (χ2v) is 4.25. The van der Waals surface area contributed by atoms with Crippen LogP contribution in [0.15, 0.2) is 47.5 Å². The van der Waals surface area contributed by atoms with Crippen LogP contribution in [0.3, 0.4) is 0 Å². The number of aromatic hydroxyl groups is 1. The SMILES string of the molecule is CN(Cc1ccc(O)cc1)C(=O)c1c[nH]ccc1=O. The highest BCUT2D eigenvalue weighted by Gasteiger charge is 2.14. The molecule has 0 aliphatic rings. The van der Waals surface area contributed by atoms with Gasteiger partial charge in [-0.05, 0) is 17.7 Å². The van der Waals surface area contributed by atoms with Crippen molar-refractivity contribution in [2.24, 2.45) is 0 Å². The number of carbonyl (C=O) groups is 1. The normalized spacial score (nSPS) is 10.2. The fourth-order valence-electron chi connectivity index (χ4n) is 1.74. The Morgan fingerprint density at radius 2 is 1.95 bits per heavy atom. The first kappa shape index (κ1) is 12.9. The monoisotopic (exact) mass is 258 g/mol. The lowest BCUT2D eigenvalue weighted by atomic mass is 10.2. The molecule has 0 saturated carbocycles. The zero-order chi connectivity index (χ0) is 13.8. The molecule has 0 bridgehead atoms. The molecular formula is C14H14N2O3. The summed E-state index contributed by atoms with van der Waals surface area (Å²) in [5, 5.41) is 9.19. The fourth-order valence-corrected chi connectivity index (χ4v) is 1.74. The lowest BCUT2D eigenvalue weighted by Crippen LogP contribution is -2.30. The summed E-state index contributed by atoms with van der Waals surface area (Å²) in [4.78, 5) is 27.8. The third-order valence-corrected chi connectivity index (χ3v) is 2.76. The zero-order valence-electron chi connectivity index (χ0n) is 10.5. The lowest BCUT2D eigenvalue weighted by molar-refractivity contribution is 0.0783. The molecule has 98 valence electrons. The van der Waals surface area contributed by atoms with Crippen molar-refractivity contribution < 1.29 is 9.90 Å². The molecule has 0 fully saturated rings. The Morgan fingerprint density at radius 3 is 2.58 bits per heavy atom. The number of carbonyl (C=O) groups excluding carboxylic acids is 1. The Labute approximate surface area is 110 Å². The summed E-state index contributed by atoms with van der Waals surface area (Å²) < 4.78 is 0. The number of nitrogens with one attached hydrogen (secondary N) is 1. The van der Waals surface area contributed by atoms with Crippen molar-refractivity contribution in [1.82, 2.24) is 9.88 Å². The molecule has 19 heavy (non-hydrogen) atoms. The summed E-state index contributed by atoms with van der Waals surface area (Å²) in [5.74, 6) is -0.160. The van der Waals surface area contributed by atoms with E-state index in [1.807, 2.05) is 0 Å². The van der Waals surface area contributed by atoms with Gasteiger partial charge in [0.15, 0.2) is 5.43 Å². The van der Waals surface area contributed by atoms with E-state index in [1.54, 1.807) is 31.3 Å². The van der Waals surface area contributed by atoms with Gasteiger partial charge in [0.25, 0.3) is 5.91 Å². The summed E-state index contributed by atoms with van der Waals surface area (Å²) in [6.07, 6.45) is 2.89. The third-order valence-electron chi connectivity index (χ3n) is 2.76. The molecule has 2 N–H and O–H groups in total. The van der Waals surface area contributed by atoms with Gasteiger partial charge >= 0.3 is 0 Å². The Hall–Kier alpha value is -2.56. The predicted octanol–water partition coefficient (Wildman–Crippen LogP) is 1.35. The first-order valence-corrected chi connectivity index (χ1v) is 5.78. The van der Waals surface area contributed by atoms with Crippen LogP contribution in [0.1, 0.15) is 15.9 Å². The molecule has 1 amide bonds. The smallest absolute Gasteiger partial charge is 0.259 e. The van der Waals surface area contributed by atoms with E-state index in [9.17, 15) is 14.7 Å². The number of nitrogens with zero attached hydrogens (tertiary/aromatic N) is 1. The summed E-state index contributed by atoms with van der Waals surface area (Å²) >= 11 is 0. The highest BCUT2D eigenvalue weighted by Crippen LogP contribution is 2.11. The summed E-state index contributed by atoms with van der Waals surface area (Å²) in [6, 6.07) is 7.90. The molecule has 2 aromatic rings. The van der Waals surface area contributed by atoms with Gasteiger partial charge in [-0.15, -0.1) is 0 Å². The maximum atomic E-state index is 12.1. The quantitative estimate of drug-likeness (QED) is 0.872. The van der Waals surface area contributed by atoms with Gasteiger partial charge in [0, 0.05) is 32.1 Å². The van der Waals surface area contributed by atoms with Gasteiger partial charge in [-0.1, -0.05) is 12.1 Å². The predicted molar refractivity (Wildman–Crippen MR) is 71.0 cm³/mol. The molecule has 1 heterocycles. The number of aromatic amines is 1. The van der Waals surface area contributed by atoms with E-state index >= 15 is 0 Å². The van der Waals surface area contributed by atoms with Crippen LogP contribution in [0, 0.1) is 0 Å². The molecule has 1 aromatic carbocycles. The average molecular weight is 258 g/mol. The molecule has 5 nitrogen and oxygen atoms in total. The minimum absolute atomic E-state index is 0.115. The van der Waals surface area contributed by atoms with E-state index < -0.39 is 0 Å². The van der Waals surface area contributed by atoms with E-state index in [-0.39, 0.29) is 22.6 Å². The van der Waals surface area contributed by atoms with Crippen molar-refractivity contribution in [3.8, 4) is 5.75 Å². The van der Waals surface area contributed by atoms with Crippen molar-refractivity contribution in [3.63, 3.8) is 0 Å². The van der Waals surface area contributed by atoms with Gasteiger partial charge in [0.1, 0.15) is 11.3 Å². The number of H-pyrrole nitrogens is 1. The van der Waals surface area contributed by atoms with Crippen molar-refractivity contribution >= 4 is 5.91 Å². The van der Waals surface area contributed by atoms with Gasteiger partial charge < -0.3 is 15.0 Å². The van der Waals surface area contributed by atoms with E-state index in [2.05, 4.69) is 4.98 Å². The first-order valence-electron chi connectivity index (χ1n) is 5.78. The molecule has 0 unspecified atom stereocenters.